The van der Waals surface area contributed by atoms with Gasteiger partial charge in [0.25, 0.3) is 5.92 Å². The molecule has 0 saturated heterocycles. The van der Waals surface area contributed by atoms with E-state index in [9.17, 15) is 18.4 Å². The number of hydrogen-bond donors (Lipinski definition) is 0. The molecule has 0 saturated carbocycles. The van der Waals surface area contributed by atoms with Crippen LogP contribution >= 0.6 is 0 Å². The predicted octanol–water partition coefficient (Wildman–Crippen LogP) is 5.19. The molecule has 0 N–H and O–H groups in total. The van der Waals surface area contributed by atoms with E-state index in [4.69, 9.17) is 4.74 Å². The summed E-state index contributed by atoms with van der Waals surface area (Å²) in [5.41, 5.74) is 2.40. The summed E-state index contributed by atoms with van der Waals surface area (Å²) < 4.78 is 30.0. The number of halogens is 2. The molecule has 25 heavy (non-hydrogen) atoms. The summed E-state index contributed by atoms with van der Waals surface area (Å²) in [5, 5.41) is 0. The van der Waals surface area contributed by atoms with Crippen LogP contribution in [0.25, 0.3) is 0 Å². The highest BCUT2D eigenvalue weighted by Crippen LogP contribution is 2.27. The van der Waals surface area contributed by atoms with Crippen molar-refractivity contribution in [3.05, 3.63) is 22.3 Å². The number of ether oxygens (including phenoxy) is 1. The maximum atomic E-state index is 12.5. The molecule has 0 radical (unpaired) electrons. The van der Waals surface area contributed by atoms with Gasteiger partial charge in [0.05, 0.1) is 0 Å². The number of unbranched alkanes of at least 4 members (excludes halogenated alkanes) is 5. The summed E-state index contributed by atoms with van der Waals surface area (Å²) in [5.74, 6) is -2.75. The van der Waals surface area contributed by atoms with Crippen molar-refractivity contribution in [1.82, 2.24) is 0 Å². The molecule has 1 aliphatic rings. The number of allylic oxidation sites excluding steroid dienone is 4. The van der Waals surface area contributed by atoms with E-state index in [1.807, 2.05) is 0 Å². The van der Waals surface area contributed by atoms with Gasteiger partial charge in [0.15, 0.2) is 11.6 Å². The molecule has 3 nitrogen and oxygen atoms in total. The summed E-state index contributed by atoms with van der Waals surface area (Å²) in [4.78, 5) is 24.4. The third-order valence-electron chi connectivity index (χ3n) is 4.63. The molecule has 142 valence electrons. The SMILES string of the molecule is CC1=C(C)C(=O)C(CCCCCCCCOCC(C)(F)F)=C(C)C1=O. The van der Waals surface area contributed by atoms with Crippen LogP contribution in [0.3, 0.4) is 0 Å². The standard InChI is InChI=1S/C20H30F2O3/c1-14-15(2)19(24)17(16(3)18(14)23)11-9-7-5-6-8-10-12-25-13-20(4,21)22/h5-13H2,1-4H3. The van der Waals surface area contributed by atoms with Crippen molar-refractivity contribution < 1.29 is 23.1 Å². The van der Waals surface area contributed by atoms with Crippen molar-refractivity contribution in [2.24, 2.45) is 0 Å². The van der Waals surface area contributed by atoms with Gasteiger partial charge in [-0.25, -0.2) is 8.78 Å². The molecule has 0 aromatic heterocycles. The molecule has 0 heterocycles. The summed E-state index contributed by atoms with van der Waals surface area (Å²) in [6.07, 6.45) is 6.33. The Balaban J connectivity index is 2.16. The number of carbonyl (C=O) groups is 2. The van der Waals surface area contributed by atoms with Crippen molar-refractivity contribution in [1.29, 1.82) is 0 Å². The molecular formula is C20H30F2O3. The maximum Gasteiger partial charge on any atom is 0.268 e. The largest absolute Gasteiger partial charge is 0.375 e. The van der Waals surface area contributed by atoms with Crippen molar-refractivity contribution >= 4 is 11.6 Å². The molecule has 0 spiro atoms. The zero-order valence-electron chi connectivity index (χ0n) is 15.8. The molecule has 0 amide bonds. The van der Waals surface area contributed by atoms with Crippen LogP contribution in [0.15, 0.2) is 22.3 Å². The van der Waals surface area contributed by atoms with Gasteiger partial charge in [-0.2, -0.15) is 0 Å². The van der Waals surface area contributed by atoms with Crippen LogP contribution in [0.1, 0.15) is 72.6 Å². The van der Waals surface area contributed by atoms with Crippen LogP contribution in [-0.2, 0) is 14.3 Å². The Kier molecular flexibility index (Phi) is 8.63. The van der Waals surface area contributed by atoms with E-state index in [2.05, 4.69) is 0 Å². The maximum absolute atomic E-state index is 12.5. The minimum absolute atomic E-state index is 0.00948. The number of rotatable bonds is 11. The highest BCUT2D eigenvalue weighted by Gasteiger charge is 2.27. The summed E-state index contributed by atoms with van der Waals surface area (Å²) in [7, 11) is 0. The van der Waals surface area contributed by atoms with Crippen molar-refractivity contribution in [2.75, 3.05) is 13.2 Å². The van der Waals surface area contributed by atoms with Gasteiger partial charge < -0.3 is 4.74 Å². The van der Waals surface area contributed by atoms with E-state index < -0.39 is 12.5 Å². The molecule has 1 rings (SSSR count). The first kappa shape index (κ1) is 21.7. The fraction of sp³-hybridized carbons (Fsp3) is 0.700. The van der Waals surface area contributed by atoms with Crippen LogP contribution in [0.2, 0.25) is 0 Å². The smallest absolute Gasteiger partial charge is 0.268 e. The molecule has 0 atom stereocenters. The van der Waals surface area contributed by atoms with Crippen LogP contribution in [-0.4, -0.2) is 30.7 Å². The summed E-state index contributed by atoms with van der Waals surface area (Å²) >= 11 is 0. The first-order chi connectivity index (χ1) is 11.6. The van der Waals surface area contributed by atoms with Gasteiger partial charge in [-0.15, -0.1) is 0 Å². The summed E-state index contributed by atoms with van der Waals surface area (Å²) in [6, 6.07) is 0. The van der Waals surface area contributed by atoms with E-state index in [1.165, 1.54) is 0 Å². The number of alkyl halides is 2. The fourth-order valence-corrected chi connectivity index (χ4v) is 2.92. The monoisotopic (exact) mass is 356 g/mol. The average molecular weight is 356 g/mol. The van der Waals surface area contributed by atoms with Gasteiger partial charge in [-0.05, 0) is 40.0 Å². The second-order valence-corrected chi connectivity index (χ2v) is 7.01. The Morgan fingerprint density at radius 2 is 1.32 bits per heavy atom. The lowest BCUT2D eigenvalue weighted by molar-refractivity contribution is -0.116. The molecule has 0 aromatic rings. The normalized spacial score (nSPS) is 16.2. The Morgan fingerprint density at radius 3 is 1.92 bits per heavy atom. The van der Waals surface area contributed by atoms with Gasteiger partial charge >= 0.3 is 0 Å². The molecule has 5 heteroatoms. The van der Waals surface area contributed by atoms with E-state index in [1.54, 1.807) is 20.8 Å². The van der Waals surface area contributed by atoms with Crippen LogP contribution in [0.5, 0.6) is 0 Å². The number of Topliss-reactive ketones (excluding diaryl/α,β-unsaturated/α-hetero) is 2. The predicted molar refractivity (Wildman–Crippen MR) is 94.8 cm³/mol. The van der Waals surface area contributed by atoms with Crippen LogP contribution in [0.4, 0.5) is 8.78 Å². The Morgan fingerprint density at radius 1 is 0.800 bits per heavy atom. The van der Waals surface area contributed by atoms with Crippen molar-refractivity contribution in [3.63, 3.8) is 0 Å². The lowest BCUT2D eigenvalue weighted by Crippen LogP contribution is -2.20. The molecule has 0 aromatic carbocycles. The number of carbonyl (C=O) groups excluding carboxylic acids is 2. The zero-order valence-corrected chi connectivity index (χ0v) is 15.8. The van der Waals surface area contributed by atoms with Crippen LogP contribution < -0.4 is 0 Å². The zero-order chi connectivity index (χ0) is 19.0. The molecule has 0 aliphatic heterocycles. The average Bonchev–Trinajstić information content (AvgIpc) is 2.54. The van der Waals surface area contributed by atoms with E-state index in [0.29, 0.717) is 35.3 Å². The first-order valence-electron chi connectivity index (χ1n) is 9.07. The van der Waals surface area contributed by atoms with Crippen molar-refractivity contribution in [3.8, 4) is 0 Å². The fourth-order valence-electron chi connectivity index (χ4n) is 2.92. The highest BCUT2D eigenvalue weighted by atomic mass is 19.3. The van der Waals surface area contributed by atoms with Gasteiger partial charge in [-0.3, -0.25) is 9.59 Å². The minimum Gasteiger partial charge on any atom is -0.375 e. The molecule has 0 fully saturated rings. The molecule has 0 unspecified atom stereocenters. The minimum atomic E-state index is -2.75. The second kappa shape index (κ2) is 9.95. The highest BCUT2D eigenvalue weighted by molar-refractivity contribution is 6.24. The Labute approximate surface area is 149 Å². The quantitative estimate of drug-likeness (QED) is 0.378. The topological polar surface area (TPSA) is 43.4 Å². The third-order valence-corrected chi connectivity index (χ3v) is 4.63. The van der Waals surface area contributed by atoms with E-state index in [-0.39, 0.29) is 11.6 Å². The van der Waals surface area contributed by atoms with Crippen LogP contribution in [0, 0.1) is 0 Å². The second-order valence-electron chi connectivity index (χ2n) is 7.01. The lowest BCUT2D eigenvalue weighted by Gasteiger charge is -2.18. The molecule has 1 aliphatic carbocycles. The van der Waals surface area contributed by atoms with Gasteiger partial charge in [0.1, 0.15) is 6.61 Å². The third kappa shape index (κ3) is 7.18. The Bertz CT molecular complexity index is 554. The first-order valence-corrected chi connectivity index (χ1v) is 9.07. The lowest BCUT2D eigenvalue weighted by atomic mass is 9.84. The van der Waals surface area contributed by atoms with E-state index >= 15 is 0 Å². The van der Waals surface area contributed by atoms with Gasteiger partial charge in [-0.1, -0.05) is 25.7 Å². The van der Waals surface area contributed by atoms with Gasteiger partial charge in [0.2, 0.25) is 0 Å². The van der Waals surface area contributed by atoms with E-state index in [0.717, 1.165) is 45.4 Å². The molecular weight excluding hydrogens is 326 g/mol. The van der Waals surface area contributed by atoms with Gasteiger partial charge in [0, 0.05) is 35.8 Å². The Hall–Kier alpha value is -1.36. The number of hydrogen-bond acceptors (Lipinski definition) is 3. The number of ketones is 2. The molecule has 0 bridgehead atoms. The van der Waals surface area contributed by atoms with Crippen molar-refractivity contribution in [2.45, 2.75) is 78.6 Å². The summed E-state index contributed by atoms with van der Waals surface area (Å²) in [6.45, 7) is 5.89.